The van der Waals surface area contributed by atoms with Crippen LogP contribution in [0.25, 0.3) is 11.3 Å². The van der Waals surface area contributed by atoms with Gasteiger partial charge in [-0.15, -0.1) is 0 Å². The Labute approximate surface area is 139 Å². The second kappa shape index (κ2) is 6.67. The summed E-state index contributed by atoms with van der Waals surface area (Å²) in [5, 5.41) is 10.5. The monoisotopic (exact) mass is 325 g/mol. The van der Waals surface area contributed by atoms with Crippen molar-refractivity contribution < 1.29 is 4.79 Å². The Bertz CT molecular complexity index is 824. The van der Waals surface area contributed by atoms with Crippen LogP contribution in [-0.2, 0) is 6.54 Å². The van der Waals surface area contributed by atoms with E-state index in [2.05, 4.69) is 15.5 Å². The van der Waals surface area contributed by atoms with Gasteiger partial charge in [-0.25, -0.2) is 0 Å². The van der Waals surface area contributed by atoms with Crippen LogP contribution in [0.2, 0.25) is 5.02 Å². The lowest BCUT2D eigenvalue weighted by Crippen LogP contribution is -2.23. The molecule has 0 aliphatic heterocycles. The first kappa shape index (κ1) is 15.3. The molecule has 3 aromatic rings. The van der Waals surface area contributed by atoms with Crippen LogP contribution in [-0.4, -0.2) is 16.1 Å². The van der Waals surface area contributed by atoms with Gasteiger partial charge in [-0.3, -0.25) is 9.89 Å². The van der Waals surface area contributed by atoms with Gasteiger partial charge in [-0.2, -0.15) is 5.10 Å². The van der Waals surface area contributed by atoms with Crippen molar-refractivity contribution in [3.8, 4) is 11.3 Å². The van der Waals surface area contributed by atoms with Crippen molar-refractivity contribution in [2.45, 2.75) is 13.5 Å². The number of hydrogen-bond acceptors (Lipinski definition) is 2. The highest BCUT2D eigenvalue weighted by Crippen LogP contribution is 2.18. The molecule has 0 bridgehead atoms. The lowest BCUT2D eigenvalue weighted by molar-refractivity contribution is 0.0946. The fraction of sp³-hybridized carbons (Fsp3) is 0.111. The topological polar surface area (TPSA) is 57.8 Å². The number of aryl methyl sites for hydroxylation is 1. The molecule has 1 aromatic heterocycles. The van der Waals surface area contributed by atoms with Crippen LogP contribution in [0.1, 0.15) is 21.6 Å². The van der Waals surface area contributed by atoms with Crippen LogP contribution < -0.4 is 5.32 Å². The first-order valence-corrected chi connectivity index (χ1v) is 7.65. The number of carbonyl (C=O) groups excluding carboxylic acids is 1. The number of H-pyrrole nitrogens is 1. The zero-order valence-corrected chi connectivity index (χ0v) is 13.4. The lowest BCUT2D eigenvalue weighted by Gasteiger charge is -2.03. The maximum Gasteiger partial charge on any atom is 0.269 e. The Morgan fingerprint density at radius 1 is 1.17 bits per heavy atom. The van der Waals surface area contributed by atoms with Crippen LogP contribution in [0.15, 0.2) is 54.6 Å². The number of halogens is 1. The van der Waals surface area contributed by atoms with Gasteiger partial charge < -0.3 is 5.32 Å². The summed E-state index contributed by atoms with van der Waals surface area (Å²) in [5.41, 5.74) is 4.29. The summed E-state index contributed by atoms with van der Waals surface area (Å²) in [5.74, 6) is -0.198. The van der Waals surface area contributed by atoms with Crippen molar-refractivity contribution in [3.63, 3.8) is 0 Å². The molecule has 0 saturated carbocycles. The zero-order valence-electron chi connectivity index (χ0n) is 12.6. The maximum atomic E-state index is 12.2. The van der Waals surface area contributed by atoms with Crippen molar-refractivity contribution in [3.05, 3.63) is 76.4 Å². The third-order valence-electron chi connectivity index (χ3n) is 3.51. The molecule has 23 heavy (non-hydrogen) atoms. The number of nitrogens with one attached hydrogen (secondary N) is 2. The highest BCUT2D eigenvalue weighted by atomic mass is 35.5. The molecule has 0 atom stereocenters. The molecule has 116 valence electrons. The average Bonchev–Trinajstić information content (AvgIpc) is 3.03. The molecule has 3 rings (SSSR count). The highest BCUT2D eigenvalue weighted by molar-refractivity contribution is 6.30. The van der Waals surface area contributed by atoms with Crippen LogP contribution in [0.3, 0.4) is 0 Å². The first-order chi connectivity index (χ1) is 11.1. The summed E-state index contributed by atoms with van der Waals surface area (Å²) in [6, 6.07) is 17.1. The van der Waals surface area contributed by atoms with Gasteiger partial charge in [0.1, 0.15) is 5.69 Å². The number of hydrogen-bond donors (Lipinski definition) is 2. The molecular formula is C18H16ClN3O. The van der Waals surface area contributed by atoms with E-state index < -0.39 is 0 Å². The number of amides is 1. The van der Waals surface area contributed by atoms with E-state index in [0.717, 1.165) is 16.8 Å². The van der Waals surface area contributed by atoms with E-state index in [4.69, 9.17) is 11.6 Å². The average molecular weight is 326 g/mol. The van der Waals surface area contributed by atoms with E-state index >= 15 is 0 Å². The summed E-state index contributed by atoms with van der Waals surface area (Å²) < 4.78 is 0. The molecule has 4 nitrogen and oxygen atoms in total. The van der Waals surface area contributed by atoms with Crippen molar-refractivity contribution in [1.29, 1.82) is 0 Å². The minimum Gasteiger partial charge on any atom is -0.347 e. The van der Waals surface area contributed by atoms with E-state index in [-0.39, 0.29) is 5.91 Å². The number of aromatic nitrogens is 2. The number of aromatic amines is 1. The van der Waals surface area contributed by atoms with Crippen molar-refractivity contribution in [2.24, 2.45) is 0 Å². The van der Waals surface area contributed by atoms with Gasteiger partial charge in [0.25, 0.3) is 5.91 Å². The molecule has 0 aliphatic rings. The Morgan fingerprint density at radius 2 is 1.96 bits per heavy atom. The van der Waals surface area contributed by atoms with Crippen LogP contribution in [0, 0.1) is 6.92 Å². The predicted molar refractivity (Wildman–Crippen MR) is 91.4 cm³/mol. The third-order valence-corrected chi connectivity index (χ3v) is 3.75. The van der Waals surface area contributed by atoms with Crippen molar-refractivity contribution in [2.75, 3.05) is 0 Å². The molecule has 0 aliphatic carbocycles. The molecule has 1 amide bonds. The number of rotatable bonds is 4. The fourth-order valence-corrected chi connectivity index (χ4v) is 2.45. The van der Waals surface area contributed by atoms with Crippen LogP contribution in [0.5, 0.6) is 0 Å². The summed E-state index contributed by atoms with van der Waals surface area (Å²) in [6.07, 6.45) is 0. The van der Waals surface area contributed by atoms with Gasteiger partial charge in [0.2, 0.25) is 0 Å². The minimum atomic E-state index is -0.198. The van der Waals surface area contributed by atoms with E-state index in [9.17, 15) is 4.79 Å². The van der Waals surface area contributed by atoms with Gasteiger partial charge in [0, 0.05) is 17.1 Å². The van der Waals surface area contributed by atoms with Gasteiger partial charge in [0.05, 0.1) is 5.69 Å². The number of carbonyl (C=O) groups is 1. The SMILES string of the molecule is Cc1ccc(-c2cc(C(=O)NCc3cccc(Cl)c3)[nH]n2)cc1. The summed E-state index contributed by atoms with van der Waals surface area (Å²) in [7, 11) is 0. The summed E-state index contributed by atoms with van der Waals surface area (Å²) in [6.45, 7) is 2.45. The van der Waals surface area contributed by atoms with E-state index in [0.29, 0.717) is 17.3 Å². The Morgan fingerprint density at radius 3 is 2.70 bits per heavy atom. The number of benzene rings is 2. The highest BCUT2D eigenvalue weighted by Gasteiger charge is 2.10. The molecule has 0 saturated heterocycles. The van der Waals surface area contributed by atoms with Crippen LogP contribution >= 0.6 is 11.6 Å². The minimum absolute atomic E-state index is 0.198. The fourth-order valence-electron chi connectivity index (χ4n) is 2.23. The molecular weight excluding hydrogens is 310 g/mol. The molecule has 2 aromatic carbocycles. The third kappa shape index (κ3) is 3.79. The summed E-state index contributed by atoms with van der Waals surface area (Å²) in [4.78, 5) is 12.2. The van der Waals surface area contributed by atoms with Gasteiger partial charge in [0.15, 0.2) is 0 Å². The van der Waals surface area contributed by atoms with E-state index in [1.807, 2.05) is 49.4 Å². The quantitative estimate of drug-likeness (QED) is 0.762. The smallest absolute Gasteiger partial charge is 0.269 e. The molecule has 0 fully saturated rings. The first-order valence-electron chi connectivity index (χ1n) is 7.27. The second-order valence-electron chi connectivity index (χ2n) is 5.35. The molecule has 2 N–H and O–H groups in total. The molecule has 0 spiro atoms. The van der Waals surface area contributed by atoms with E-state index in [1.165, 1.54) is 5.56 Å². The lowest BCUT2D eigenvalue weighted by atomic mass is 10.1. The van der Waals surface area contributed by atoms with Gasteiger partial charge >= 0.3 is 0 Å². The van der Waals surface area contributed by atoms with Gasteiger partial charge in [-0.05, 0) is 30.7 Å². The summed E-state index contributed by atoms with van der Waals surface area (Å²) >= 11 is 5.93. The Balaban J connectivity index is 1.67. The van der Waals surface area contributed by atoms with Crippen LogP contribution in [0.4, 0.5) is 0 Å². The standard InChI is InChI=1S/C18H16ClN3O/c1-12-5-7-14(8-6-12)16-10-17(22-21-16)18(23)20-11-13-3-2-4-15(19)9-13/h2-10H,11H2,1H3,(H,20,23)(H,21,22). The molecule has 5 heteroatoms. The van der Waals surface area contributed by atoms with Gasteiger partial charge in [-0.1, -0.05) is 53.6 Å². The predicted octanol–water partition coefficient (Wildman–Crippen LogP) is 3.97. The van der Waals surface area contributed by atoms with E-state index in [1.54, 1.807) is 12.1 Å². The molecule has 0 unspecified atom stereocenters. The zero-order chi connectivity index (χ0) is 16.2. The molecule has 1 heterocycles. The molecule has 0 radical (unpaired) electrons. The van der Waals surface area contributed by atoms with Crippen molar-refractivity contribution in [1.82, 2.24) is 15.5 Å². The normalized spacial score (nSPS) is 10.5. The largest absolute Gasteiger partial charge is 0.347 e. The van der Waals surface area contributed by atoms with Crippen molar-refractivity contribution >= 4 is 17.5 Å². The second-order valence-corrected chi connectivity index (χ2v) is 5.78. The number of nitrogens with zero attached hydrogens (tertiary/aromatic N) is 1. The Kier molecular flexibility index (Phi) is 4.44. The Hall–Kier alpha value is -2.59. The maximum absolute atomic E-state index is 12.2.